The summed E-state index contributed by atoms with van der Waals surface area (Å²) in [6.07, 6.45) is 6.96. The lowest BCUT2D eigenvalue weighted by molar-refractivity contribution is -0.134. The molecule has 0 spiro atoms. The number of likely N-dealkylation sites (N-methyl/N-ethyl adjacent to an activating group) is 1. The number of ether oxygens (including phenoxy) is 1. The molecule has 3 amide bonds. The van der Waals surface area contributed by atoms with Crippen molar-refractivity contribution in [3.05, 3.63) is 82.4 Å². The number of amides is 3. The number of aryl methyl sites for hydroxylation is 1. The van der Waals surface area contributed by atoms with Crippen LogP contribution in [-0.2, 0) is 26.8 Å². The number of hydrogen-bond donors (Lipinski definition) is 4. The van der Waals surface area contributed by atoms with E-state index >= 15 is 0 Å². The van der Waals surface area contributed by atoms with E-state index in [0.717, 1.165) is 48.7 Å². The Bertz CT molecular complexity index is 1870. The Morgan fingerprint density at radius 1 is 1.10 bits per heavy atom. The lowest BCUT2D eigenvalue weighted by Gasteiger charge is -2.36. The zero-order valence-corrected chi connectivity index (χ0v) is 29.0. The summed E-state index contributed by atoms with van der Waals surface area (Å²) in [7, 11) is 1.74. The van der Waals surface area contributed by atoms with Crippen LogP contribution < -0.4 is 16.0 Å². The van der Waals surface area contributed by atoms with Crippen molar-refractivity contribution in [2.45, 2.75) is 75.8 Å². The molecule has 3 heterocycles. The molecule has 2 aromatic carbocycles. The summed E-state index contributed by atoms with van der Waals surface area (Å²) in [6.45, 7) is 5.27. The van der Waals surface area contributed by atoms with E-state index in [4.69, 9.17) is 21.3 Å². The van der Waals surface area contributed by atoms with Crippen LogP contribution in [0.1, 0.15) is 91.8 Å². The molecule has 1 unspecified atom stereocenters. The number of fused-ring (bicyclic) bond motifs is 1. The molecule has 7 rings (SSSR count). The second-order valence-corrected chi connectivity index (χ2v) is 14.6. The van der Waals surface area contributed by atoms with E-state index in [1.165, 1.54) is 0 Å². The highest BCUT2D eigenvalue weighted by Gasteiger charge is 2.51. The van der Waals surface area contributed by atoms with Gasteiger partial charge in [-0.2, -0.15) is 5.10 Å². The molecule has 258 valence electrons. The van der Waals surface area contributed by atoms with Crippen LogP contribution in [-0.4, -0.2) is 63.3 Å². The maximum absolute atomic E-state index is 14.2. The minimum Gasteiger partial charge on any atom is -0.380 e. The molecule has 49 heavy (non-hydrogen) atoms. The van der Waals surface area contributed by atoms with Gasteiger partial charge in [0.2, 0.25) is 11.8 Å². The normalized spacial score (nSPS) is 21.8. The van der Waals surface area contributed by atoms with E-state index in [-0.39, 0.29) is 41.6 Å². The van der Waals surface area contributed by atoms with Gasteiger partial charge in [-0.3, -0.25) is 19.1 Å². The molecule has 3 aliphatic rings. The molecule has 1 aliphatic heterocycles. The van der Waals surface area contributed by atoms with Gasteiger partial charge in [-0.05, 0) is 85.8 Å². The van der Waals surface area contributed by atoms with Gasteiger partial charge in [-0.1, -0.05) is 49.2 Å². The van der Waals surface area contributed by atoms with Gasteiger partial charge in [0.05, 0.1) is 29.1 Å². The van der Waals surface area contributed by atoms with Gasteiger partial charge >= 0.3 is 0 Å². The van der Waals surface area contributed by atoms with Crippen LogP contribution in [0.5, 0.6) is 0 Å². The van der Waals surface area contributed by atoms with Crippen LogP contribution in [0.4, 0.5) is 0 Å². The second-order valence-electron chi connectivity index (χ2n) is 14.2. The molecular formula is C37H44ClN7O4. The van der Waals surface area contributed by atoms with E-state index in [2.05, 4.69) is 33.0 Å². The van der Waals surface area contributed by atoms with Crippen LogP contribution in [0.15, 0.2) is 54.7 Å². The smallest absolute Gasteiger partial charge is 0.270 e. The zero-order valence-electron chi connectivity index (χ0n) is 28.2. The largest absolute Gasteiger partial charge is 0.380 e. The van der Waals surface area contributed by atoms with Crippen LogP contribution in [0.2, 0.25) is 5.02 Å². The van der Waals surface area contributed by atoms with E-state index in [9.17, 15) is 14.4 Å². The number of imidazole rings is 1. The van der Waals surface area contributed by atoms with E-state index < -0.39 is 17.5 Å². The van der Waals surface area contributed by atoms with E-state index in [1.54, 1.807) is 24.0 Å². The number of aromatic nitrogens is 4. The summed E-state index contributed by atoms with van der Waals surface area (Å²) in [4.78, 5) is 49.5. The summed E-state index contributed by atoms with van der Waals surface area (Å²) >= 11 is 6.84. The zero-order chi connectivity index (χ0) is 34.3. The Morgan fingerprint density at radius 3 is 2.53 bits per heavy atom. The number of carbonyl (C=O) groups is 3. The van der Waals surface area contributed by atoms with Gasteiger partial charge < -0.3 is 25.7 Å². The van der Waals surface area contributed by atoms with Crippen LogP contribution >= 0.6 is 11.6 Å². The number of aromatic amines is 1. The molecule has 2 saturated carbocycles. The number of nitrogens with zero attached hydrogens (tertiary/aromatic N) is 3. The van der Waals surface area contributed by atoms with Gasteiger partial charge in [-0.25, -0.2) is 4.98 Å². The van der Waals surface area contributed by atoms with Gasteiger partial charge in [-0.15, -0.1) is 0 Å². The number of benzene rings is 2. The number of nitrogens with one attached hydrogen (secondary N) is 4. The maximum atomic E-state index is 14.2. The summed E-state index contributed by atoms with van der Waals surface area (Å²) < 4.78 is 7.40. The number of H-pyrrole nitrogens is 1. The van der Waals surface area contributed by atoms with Crippen molar-refractivity contribution in [2.75, 3.05) is 19.8 Å². The first kappa shape index (κ1) is 33.3. The van der Waals surface area contributed by atoms with Crippen molar-refractivity contribution >= 4 is 40.4 Å². The molecule has 2 aromatic heterocycles. The topological polar surface area (TPSA) is 143 Å². The number of halogens is 1. The third-order valence-electron chi connectivity index (χ3n) is 11.0. The Labute approximate surface area is 290 Å². The Morgan fingerprint density at radius 2 is 1.90 bits per heavy atom. The first-order valence-electron chi connectivity index (χ1n) is 17.3. The van der Waals surface area contributed by atoms with Crippen molar-refractivity contribution < 1.29 is 19.1 Å². The maximum Gasteiger partial charge on any atom is 0.270 e. The molecule has 3 fully saturated rings. The molecule has 4 N–H and O–H groups in total. The first-order valence-corrected chi connectivity index (χ1v) is 17.7. The molecule has 11 nitrogen and oxygen atoms in total. The van der Waals surface area contributed by atoms with Crippen LogP contribution in [0.25, 0.3) is 11.0 Å². The molecular weight excluding hydrogens is 642 g/mol. The van der Waals surface area contributed by atoms with Crippen LogP contribution in [0.3, 0.4) is 0 Å². The third kappa shape index (κ3) is 6.23. The quantitative estimate of drug-likeness (QED) is 0.164. The summed E-state index contributed by atoms with van der Waals surface area (Å²) in [5, 5.41) is 14.2. The Kier molecular flexibility index (Phi) is 9.00. The van der Waals surface area contributed by atoms with Crippen molar-refractivity contribution in [3.8, 4) is 0 Å². The Balaban J connectivity index is 1.26. The SMILES string of the molecule is CCNC(=O)[C@H](NC(=O)C1(c2ccc3nc([C@@H](NC(=O)c4ccnn4C)[C@H](c4ccccc4Cl)C4(C)CC4)[nH]c3c2)CCOC1)C1CCC1. The van der Waals surface area contributed by atoms with Crippen LogP contribution in [0, 0.1) is 11.3 Å². The van der Waals surface area contributed by atoms with Crippen molar-refractivity contribution in [2.24, 2.45) is 18.4 Å². The molecule has 4 atom stereocenters. The van der Waals surface area contributed by atoms with Gasteiger partial charge in [0.1, 0.15) is 17.6 Å². The predicted octanol–water partition coefficient (Wildman–Crippen LogP) is 5.08. The summed E-state index contributed by atoms with van der Waals surface area (Å²) in [6, 6.07) is 14.2. The van der Waals surface area contributed by atoms with Gasteiger partial charge in [0, 0.05) is 37.3 Å². The van der Waals surface area contributed by atoms with E-state index in [1.807, 2.05) is 49.4 Å². The van der Waals surface area contributed by atoms with Gasteiger partial charge in [0.25, 0.3) is 5.91 Å². The average Bonchev–Trinajstić information content (AvgIpc) is 3.44. The number of hydrogen-bond acceptors (Lipinski definition) is 6. The molecule has 4 aromatic rings. The summed E-state index contributed by atoms with van der Waals surface area (Å²) in [5.41, 5.74) is 2.57. The number of rotatable bonds is 12. The highest BCUT2D eigenvalue weighted by molar-refractivity contribution is 6.31. The van der Waals surface area contributed by atoms with Crippen molar-refractivity contribution in [1.82, 2.24) is 35.7 Å². The third-order valence-corrected chi connectivity index (χ3v) is 11.4. The Hall–Kier alpha value is -4.22. The average molecular weight is 686 g/mol. The predicted molar refractivity (Wildman–Crippen MR) is 186 cm³/mol. The van der Waals surface area contributed by atoms with Crippen molar-refractivity contribution in [3.63, 3.8) is 0 Å². The molecule has 0 bridgehead atoms. The highest BCUT2D eigenvalue weighted by atomic mass is 35.5. The molecule has 2 aliphatic carbocycles. The minimum absolute atomic E-state index is 0.107. The van der Waals surface area contributed by atoms with E-state index in [0.29, 0.717) is 41.6 Å². The van der Waals surface area contributed by atoms with Gasteiger partial charge in [0.15, 0.2) is 0 Å². The standard InChI is InChI=1S/C37H44ClN7O4/c1-4-39-34(47)30(22-8-7-9-22)44-35(48)37(17-19-49-21-37)23-12-13-26-27(20-23)42-32(41-26)31(43-33(46)28-14-18-40-45(28)3)29(36(2)15-16-36)24-10-5-6-11-25(24)38/h5-6,10-14,18,20,22,29-31H,4,7-9,15-17,19,21H2,1-3H3,(H,39,47)(H,41,42)(H,43,46)(H,44,48)/t29-,30+,31-,37?/m0/s1. The first-order chi connectivity index (χ1) is 23.6. The molecule has 1 saturated heterocycles. The second kappa shape index (κ2) is 13.2. The monoisotopic (exact) mass is 685 g/mol. The minimum atomic E-state index is -0.956. The summed E-state index contributed by atoms with van der Waals surface area (Å²) in [5.74, 6) is -0.0433. The lowest BCUT2D eigenvalue weighted by atomic mass is 9.76. The van der Waals surface area contributed by atoms with Crippen molar-refractivity contribution in [1.29, 1.82) is 0 Å². The molecule has 12 heteroatoms. The fraction of sp³-hybridized carbons (Fsp3) is 0.486. The fourth-order valence-electron chi connectivity index (χ4n) is 7.63. The lowest BCUT2D eigenvalue weighted by Crippen LogP contribution is -2.57. The highest BCUT2D eigenvalue weighted by Crippen LogP contribution is 2.60. The number of carbonyl (C=O) groups excluding carboxylic acids is 3. The fourth-order valence-corrected chi connectivity index (χ4v) is 7.88. The molecule has 0 radical (unpaired) electrons.